The SMILES string of the molecule is CCCCCC[C@@H](O)C/C=C\CCCCCCCC(=O)O.[Zn].[Zn].[Zn]. The molecule has 0 aliphatic heterocycles. The van der Waals surface area contributed by atoms with Crippen molar-refractivity contribution < 1.29 is 73.4 Å². The predicted octanol–water partition coefficient (Wildman–Crippen LogP) is 5.07. The average molecular weight is 495 g/mol. The summed E-state index contributed by atoms with van der Waals surface area (Å²) in [4.78, 5) is 10.3. The molecule has 0 saturated heterocycles. The number of aliphatic hydroxyl groups is 1. The van der Waals surface area contributed by atoms with Crippen molar-refractivity contribution in [3.05, 3.63) is 12.2 Å². The van der Waals surface area contributed by atoms with Gasteiger partial charge in [0.15, 0.2) is 0 Å². The van der Waals surface area contributed by atoms with Crippen molar-refractivity contribution in [3.63, 3.8) is 0 Å². The number of allylic oxidation sites excluding steroid dienone is 1. The Kier molecular flexibility index (Phi) is 35.8. The summed E-state index contributed by atoms with van der Waals surface area (Å²) in [6.07, 6.45) is 17.4. The fourth-order valence-electron chi connectivity index (χ4n) is 2.36. The molecule has 0 aromatic rings. The Morgan fingerprint density at radius 3 is 2.08 bits per heavy atom. The molecule has 0 heterocycles. The van der Waals surface area contributed by atoms with Crippen LogP contribution in [0.3, 0.4) is 0 Å². The summed E-state index contributed by atoms with van der Waals surface area (Å²) in [6.45, 7) is 2.20. The molecule has 0 aromatic carbocycles. The molecule has 3 nitrogen and oxygen atoms in total. The van der Waals surface area contributed by atoms with Gasteiger partial charge in [0.25, 0.3) is 0 Å². The summed E-state index contributed by atoms with van der Waals surface area (Å²) in [5, 5.41) is 18.3. The number of aliphatic carboxylic acids is 1. The third kappa shape index (κ3) is 27.9. The molecule has 0 saturated carbocycles. The van der Waals surface area contributed by atoms with Gasteiger partial charge in [0.05, 0.1) is 6.10 Å². The zero-order valence-electron chi connectivity index (χ0n) is 15.8. The summed E-state index contributed by atoms with van der Waals surface area (Å²) in [6, 6.07) is 0. The summed E-state index contributed by atoms with van der Waals surface area (Å²) in [7, 11) is 0. The number of carbonyl (C=O) groups is 1. The Morgan fingerprint density at radius 2 is 1.46 bits per heavy atom. The van der Waals surface area contributed by atoms with Crippen LogP contribution in [0.5, 0.6) is 0 Å². The Bertz CT molecular complexity index is 274. The number of carboxylic acids is 1. The van der Waals surface area contributed by atoms with Gasteiger partial charge in [-0.15, -0.1) is 0 Å². The third-order valence-electron chi connectivity index (χ3n) is 3.73. The Hall–Kier alpha value is 1.04. The second kappa shape index (κ2) is 26.3. The number of rotatable bonds is 15. The standard InChI is InChI=1S/C18H34O3.3Zn/c1-2-3-4-11-14-17(19)15-12-9-7-5-6-8-10-13-16-18(20)21;;;/h9,12,17,19H,2-8,10-11,13-16H2,1H3,(H,20,21);;;/b12-9-;;;/t17-;;;/m1.../s1. The minimum Gasteiger partial charge on any atom is -0.481 e. The normalized spacial score (nSPS) is 11.2. The maximum Gasteiger partial charge on any atom is 0.303 e. The van der Waals surface area contributed by atoms with Crippen molar-refractivity contribution in [2.45, 2.75) is 96.5 Å². The molecule has 6 heteroatoms. The van der Waals surface area contributed by atoms with Crippen LogP contribution in [-0.2, 0) is 63.2 Å². The molecule has 0 fully saturated rings. The van der Waals surface area contributed by atoms with Crippen molar-refractivity contribution in [1.82, 2.24) is 0 Å². The van der Waals surface area contributed by atoms with Gasteiger partial charge in [-0.1, -0.05) is 64.0 Å². The quantitative estimate of drug-likeness (QED) is 0.190. The van der Waals surface area contributed by atoms with Gasteiger partial charge in [-0.05, 0) is 32.1 Å². The van der Waals surface area contributed by atoms with Crippen LogP contribution in [0.15, 0.2) is 12.2 Å². The van der Waals surface area contributed by atoms with Gasteiger partial charge in [-0.3, -0.25) is 4.79 Å². The van der Waals surface area contributed by atoms with Crippen LogP contribution in [0.25, 0.3) is 0 Å². The molecule has 0 aliphatic carbocycles. The maximum atomic E-state index is 10.3. The first kappa shape index (κ1) is 32.7. The molecule has 2 N–H and O–H groups in total. The van der Waals surface area contributed by atoms with E-state index in [-0.39, 0.29) is 64.5 Å². The number of aliphatic hydroxyl groups excluding tert-OH is 1. The van der Waals surface area contributed by atoms with Crippen molar-refractivity contribution in [3.8, 4) is 0 Å². The largest absolute Gasteiger partial charge is 0.481 e. The summed E-state index contributed by atoms with van der Waals surface area (Å²) in [5.74, 6) is -0.689. The molecular weight excluding hydrogens is 460 g/mol. The van der Waals surface area contributed by atoms with E-state index in [1.165, 1.54) is 25.7 Å². The Labute approximate surface area is 187 Å². The molecule has 0 rings (SSSR count). The van der Waals surface area contributed by atoms with Crippen molar-refractivity contribution in [2.75, 3.05) is 0 Å². The van der Waals surface area contributed by atoms with Gasteiger partial charge in [-0.2, -0.15) is 0 Å². The topological polar surface area (TPSA) is 57.5 Å². The molecule has 0 unspecified atom stereocenters. The van der Waals surface area contributed by atoms with Gasteiger partial charge >= 0.3 is 5.97 Å². The summed E-state index contributed by atoms with van der Waals surface area (Å²) < 4.78 is 0. The molecule has 24 heavy (non-hydrogen) atoms. The fraction of sp³-hybridized carbons (Fsp3) is 0.833. The second-order valence-corrected chi connectivity index (χ2v) is 5.91. The van der Waals surface area contributed by atoms with Crippen molar-refractivity contribution in [2.24, 2.45) is 0 Å². The minimum absolute atomic E-state index is 0. The van der Waals surface area contributed by atoms with Crippen molar-refractivity contribution >= 4 is 5.97 Å². The van der Waals surface area contributed by atoms with Gasteiger partial charge in [-0.25, -0.2) is 0 Å². The molecule has 0 spiro atoms. The smallest absolute Gasteiger partial charge is 0.303 e. The van der Waals surface area contributed by atoms with Crippen LogP contribution in [0.1, 0.15) is 90.4 Å². The first-order valence-corrected chi connectivity index (χ1v) is 8.71. The zero-order chi connectivity index (χ0) is 15.8. The van der Waals surface area contributed by atoms with E-state index < -0.39 is 5.97 Å². The third-order valence-corrected chi connectivity index (χ3v) is 3.73. The predicted molar refractivity (Wildman–Crippen MR) is 88.5 cm³/mol. The van der Waals surface area contributed by atoms with Gasteiger partial charge in [0, 0.05) is 64.9 Å². The number of hydrogen-bond donors (Lipinski definition) is 2. The molecule has 130 valence electrons. The maximum absolute atomic E-state index is 10.3. The van der Waals surface area contributed by atoms with Crippen molar-refractivity contribution in [1.29, 1.82) is 0 Å². The molecular formula is C18H34O3Zn3. The van der Waals surface area contributed by atoms with Crippen LogP contribution in [0.4, 0.5) is 0 Å². The van der Waals surface area contributed by atoms with E-state index in [0.29, 0.717) is 6.42 Å². The number of unbranched alkanes of at least 4 members (excludes halogenated alkanes) is 8. The first-order valence-electron chi connectivity index (χ1n) is 8.71. The van der Waals surface area contributed by atoms with Crippen LogP contribution in [0, 0.1) is 0 Å². The first-order chi connectivity index (χ1) is 10.2. The zero-order valence-corrected chi connectivity index (χ0v) is 24.7. The van der Waals surface area contributed by atoms with Crippen LogP contribution < -0.4 is 0 Å². The summed E-state index contributed by atoms with van der Waals surface area (Å²) in [5.41, 5.74) is 0. The van der Waals surface area contributed by atoms with E-state index in [0.717, 1.165) is 51.4 Å². The molecule has 0 aromatic heterocycles. The molecule has 0 bridgehead atoms. The van der Waals surface area contributed by atoms with E-state index in [4.69, 9.17) is 5.11 Å². The van der Waals surface area contributed by atoms with Gasteiger partial charge in [0.1, 0.15) is 0 Å². The monoisotopic (exact) mass is 490 g/mol. The van der Waals surface area contributed by atoms with E-state index in [1.807, 2.05) is 0 Å². The van der Waals surface area contributed by atoms with E-state index in [9.17, 15) is 9.90 Å². The van der Waals surface area contributed by atoms with Crippen LogP contribution in [0.2, 0.25) is 0 Å². The number of carboxylic acid groups (broad SMARTS) is 1. The van der Waals surface area contributed by atoms with Gasteiger partial charge in [0.2, 0.25) is 0 Å². The van der Waals surface area contributed by atoms with Crippen LogP contribution >= 0.6 is 0 Å². The fourth-order valence-corrected chi connectivity index (χ4v) is 2.36. The molecule has 0 amide bonds. The molecule has 1 atom stereocenters. The second-order valence-electron chi connectivity index (χ2n) is 5.91. The summed E-state index contributed by atoms with van der Waals surface area (Å²) >= 11 is 0. The van der Waals surface area contributed by atoms with Crippen LogP contribution in [-0.4, -0.2) is 22.3 Å². The van der Waals surface area contributed by atoms with Gasteiger partial charge < -0.3 is 10.2 Å². The van der Waals surface area contributed by atoms with E-state index >= 15 is 0 Å². The molecule has 0 radical (unpaired) electrons. The van der Waals surface area contributed by atoms with E-state index in [2.05, 4.69) is 19.1 Å². The average Bonchev–Trinajstić information content (AvgIpc) is 2.45. The number of hydrogen-bond acceptors (Lipinski definition) is 2. The Morgan fingerprint density at radius 1 is 0.875 bits per heavy atom. The molecule has 0 aliphatic rings. The Balaban J connectivity index is -0.000000667. The van der Waals surface area contributed by atoms with E-state index in [1.54, 1.807) is 0 Å². The minimum atomic E-state index is -0.689.